The number of anilines is 1. The number of nitrogens with one attached hydrogen (secondary N) is 1. The quantitative estimate of drug-likeness (QED) is 0.692. The topological polar surface area (TPSA) is 87.1 Å². The summed E-state index contributed by atoms with van der Waals surface area (Å²) in [6.45, 7) is 1.90. The van der Waals surface area contributed by atoms with Gasteiger partial charge in [0.05, 0.1) is 17.1 Å². The molecule has 0 amide bonds. The largest absolute Gasteiger partial charge is 0.507 e. The Morgan fingerprint density at radius 2 is 1.63 bits per heavy atom. The number of fused-ring (bicyclic) bond motifs is 2. The molecule has 2 aromatic heterocycles. The van der Waals surface area contributed by atoms with Crippen molar-refractivity contribution < 1.29 is 5.11 Å². The fourth-order valence-electron chi connectivity index (χ4n) is 4.65. The van der Waals surface area contributed by atoms with Gasteiger partial charge in [-0.15, -0.1) is 10.2 Å². The van der Waals surface area contributed by atoms with E-state index in [4.69, 9.17) is 0 Å². The van der Waals surface area contributed by atoms with Crippen LogP contribution in [0.25, 0.3) is 22.5 Å². The number of phenols is 1. The maximum Gasteiger partial charge on any atom is 0.151 e. The van der Waals surface area contributed by atoms with Crippen molar-refractivity contribution >= 4 is 5.82 Å². The van der Waals surface area contributed by atoms with Gasteiger partial charge in [0.1, 0.15) is 5.75 Å². The lowest BCUT2D eigenvalue weighted by molar-refractivity contribution is 0.353. The van der Waals surface area contributed by atoms with Crippen molar-refractivity contribution in [2.75, 3.05) is 11.9 Å². The van der Waals surface area contributed by atoms with E-state index >= 15 is 0 Å². The fraction of sp³-hybridized carbons (Fsp3) is 0.391. The Hall–Kier alpha value is -3.06. The van der Waals surface area contributed by atoms with E-state index in [-0.39, 0.29) is 5.75 Å². The molecule has 154 valence electrons. The monoisotopic (exact) mass is 402 g/mol. The van der Waals surface area contributed by atoms with Crippen molar-refractivity contribution in [3.8, 4) is 28.3 Å². The molecule has 0 aliphatic carbocycles. The molecule has 2 saturated heterocycles. The smallest absolute Gasteiger partial charge is 0.151 e. The molecule has 4 heterocycles. The average molecular weight is 403 g/mol. The van der Waals surface area contributed by atoms with Crippen molar-refractivity contribution in [3.63, 3.8) is 0 Å². The molecule has 30 heavy (non-hydrogen) atoms. The zero-order chi connectivity index (χ0) is 20.7. The number of aryl methyl sites for hydroxylation is 1. The number of piperidine rings is 1. The highest BCUT2D eigenvalue weighted by Gasteiger charge is 2.35. The zero-order valence-corrected chi connectivity index (χ0v) is 17.3. The minimum Gasteiger partial charge on any atom is -0.507 e. The van der Waals surface area contributed by atoms with Gasteiger partial charge >= 0.3 is 0 Å². The molecule has 0 radical (unpaired) electrons. The highest BCUT2D eigenvalue weighted by atomic mass is 16.3. The van der Waals surface area contributed by atoms with Gasteiger partial charge < -0.3 is 15.3 Å². The molecule has 2 aliphatic heterocycles. The molecule has 2 N–H and O–H groups in total. The number of benzene rings is 1. The Morgan fingerprint density at radius 3 is 2.27 bits per heavy atom. The average Bonchev–Trinajstić information content (AvgIpc) is 3.11. The molecule has 3 aromatic rings. The van der Waals surface area contributed by atoms with Crippen LogP contribution in [0.2, 0.25) is 0 Å². The highest BCUT2D eigenvalue weighted by Crippen LogP contribution is 2.33. The summed E-state index contributed by atoms with van der Waals surface area (Å²) in [6.07, 6.45) is 4.87. The molecule has 2 atom stereocenters. The molecule has 0 saturated carbocycles. The zero-order valence-electron chi connectivity index (χ0n) is 17.3. The van der Waals surface area contributed by atoms with Crippen molar-refractivity contribution in [2.45, 2.75) is 50.7 Å². The van der Waals surface area contributed by atoms with Crippen LogP contribution in [-0.4, -0.2) is 50.7 Å². The lowest BCUT2D eigenvalue weighted by Gasteiger charge is -2.36. The summed E-state index contributed by atoms with van der Waals surface area (Å²) in [7, 11) is 2.11. The van der Waals surface area contributed by atoms with E-state index in [1.165, 1.54) is 12.8 Å². The SMILES string of the molecule is Cc1ccc(-c2ccc(-c3ccc(N(C)C4CC5CCC(C4)N5)nn3)c(O)c2)nn1. The van der Waals surface area contributed by atoms with E-state index in [2.05, 4.69) is 37.7 Å². The number of nitrogens with zero attached hydrogens (tertiary/aromatic N) is 5. The van der Waals surface area contributed by atoms with Crippen LogP contribution < -0.4 is 10.2 Å². The summed E-state index contributed by atoms with van der Waals surface area (Å²) in [4.78, 5) is 2.25. The molecule has 2 unspecified atom stereocenters. The second kappa shape index (κ2) is 7.65. The molecule has 1 aromatic carbocycles. The number of rotatable bonds is 4. The lowest BCUT2D eigenvalue weighted by atomic mass is 9.98. The van der Waals surface area contributed by atoms with Gasteiger partial charge in [0.15, 0.2) is 5.82 Å². The summed E-state index contributed by atoms with van der Waals surface area (Å²) < 4.78 is 0. The van der Waals surface area contributed by atoms with E-state index in [1.54, 1.807) is 6.07 Å². The van der Waals surface area contributed by atoms with E-state index in [0.717, 1.165) is 35.6 Å². The van der Waals surface area contributed by atoms with Crippen LogP contribution in [0.5, 0.6) is 5.75 Å². The second-order valence-corrected chi connectivity index (χ2v) is 8.44. The van der Waals surface area contributed by atoms with Crippen LogP contribution in [-0.2, 0) is 0 Å². The number of aromatic nitrogens is 4. The van der Waals surface area contributed by atoms with Gasteiger partial charge in [-0.05, 0) is 69.0 Å². The van der Waals surface area contributed by atoms with Crippen LogP contribution in [0.15, 0.2) is 42.5 Å². The third-order valence-corrected chi connectivity index (χ3v) is 6.38. The van der Waals surface area contributed by atoms with Gasteiger partial charge in [-0.25, -0.2) is 0 Å². The van der Waals surface area contributed by atoms with E-state index < -0.39 is 0 Å². The molecular formula is C23H26N6O. The molecule has 7 heteroatoms. The maximum atomic E-state index is 10.6. The third-order valence-electron chi connectivity index (χ3n) is 6.38. The number of hydrogen-bond acceptors (Lipinski definition) is 7. The Morgan fingerprint density at radius 1 is 0.900 bits per heavy atom. The number of aromatic hydroxyl groups is 1. The van der Waals surface area contributed by atoms with E-state index in [9.17, 15) is 5.11 Å². The van der Waals surface area contributed by atoms with Crippen LogP contribution in [0.1, 0.15) is 31.4 Å². The first kappa shape index (κ1) is 18.9. The van der Waals surface area contributed by atoms with Crippen LogP contribution in [0, 0.1) is 6.92 Å². The van der Waals surface area contributed by atoms with Gasteiger partial charge in [0.25, 0.3) is 0 Å². The summed E-state index contributed by atoms with van der Waals surface area (Å²) >= 11 is 0. The molecule has 7 nitrogen and oxygen atoms in total. The Balaban J connectivity index is 1.34. The number of phenolic OH excluding ortho intramolecular Hbond substituents is 1. The first-order valence-electron chi connectivity index (χ1n) is 10.5. The maximum absolute atomic E-state index is 10.6. The summed E-state index contributed by atoms with van der Waals surface area (Å²) in [5, 5.41) is 31.4. The molecule has 2 bridgehead atoms. The van der Waals surface area contributed by atoms with Gasteiger partial charge in [-0.2, -0.15) is 10.2 Å². The summed E-state index contributed by atoms with van der Waals surface area (Å²) in [5.41, 5.74) is 3.70. The standard InChI is InChI=1S/C23H26N6O/c1-14-3-8-20(26-25-14)15-4-7-19(22(30)11-15)21-9-10-23(28-27-21)29(2)18-12-16-5-6-17(13-18)24-16/h3-4,7-11,16-18,24,30H,5-6,12-13H2,1-2H3. The highest BCUT2D eigenvalue weighted by molar-refractivity contribution is 5.73. The normalized spacial score (nSPS) is 22.8. The Kier molecular flexibility index (Phi) is 4.83. The Bertz CT molecular complexity index is 1020. The molecule has 5 rings (SSSR count). The van der Waals surface area contributed by atoms with Gasteiger partial charge in [-0.3, -0.25) is 0 Å². The van der Waals surface area contributed by atoms with E-state index in [0.29, 0.717) is 29.4 Å². The van der Waals surface area contributed by atoms with Crippen molar-refractivity contribution in [1.82, 2.24) is 25.7 Å². The summed E-state index contributed by atoms with van der Waals surface area (Å²) in [6, 6.07) is 14.9. The van der Waals surface area contributed by atoms with Crippen molar-refractivity contribution in [2.24, 2.45) is 0 Å². The van der Waals surface area contributed by atoms with E-state index in [1.807, 2.05) is 43.3 Å². The number of hydrogen-bond donors (Lipinski definition) is 2. The van der Waals surface area contributed by atoms with Crippen LogP contribution in [0.4, 0.5) is 5.82 Å². The third kappa shape index (κ3) is 3.61. The fourth-order valence-corrected chi connectivity index (χ4v) is 4.65. The van der Waals surface area contributed by atoms with Crippen LogP contribution in [0.3, 0.4) is 0 Å². The molecule has 0 spiro atoms. The molecule has 2 aliphatic rings. The summed E-state index contributed by atoms with van der Waals surface area (Å²) in [5.74, 6) is 1.02. The first-order chi connectivity index (χ1) is 14.6. The predicted molar refractivity (Wildman–Crippen MR) is 116 cm³/mol. The van der Waals surface area contributed by atoms with Gasteiger partial charge in [-0.1, -0.05) is 6.07 Å². The molecule has 2 fully saturated rings. The van der Waals surface area contributed by atoms with Crippen molar-refractivity contribution in [3.05, 3.63) is 48.2 Å². The minimum atomic E-state index is 0.153. The lowest BCUT2D eigenvalue weighted by Crippen LogP contribution is -2.47. The van der Waals surface area contributed by atoms with Gasteiger partial charge in [0, 0.05) is 36.3 Å². The minimum absolute atomic E-state index is 0.153. The predicted octanol–water partition coefficient (Wildman–Crippen LogP) is 3.33. The molecular weight excluding hydrogens is 376 g/mol. The van der Waals surface area contributed by atoms with Crippen molar-refractivity contribution in [1.29, 1.82) is 0 Å². The second-order valence-electron chi connectivity index (χ2n) is 8.44. The van der Waals surface area contributed by atoms with Gasteiger partial charge in [0.2, 0.25) is 0 Å². The first-order valence-corrected chi connectivity index (χ1v) is 10.5. The van der Waals surface area contributed by atoms with Crippen LogP contribution >= 0.6 is 0 Å². The Labute approximate surface area is 176 Å².